The Kier molecular flexibility index (Phi) is 5.21. The Morgan fingerprint density at radius 3 is 2.67 bits per heavy atom. The topological polar surface area (TPSA) is 15.3 Å². The van der Waals surface area contributed by atoms with E-state index in [0.29, 0.717) is 0 Å². The summed E-state index contributed by atoms with van der Waals surface area (Å²) in [5, 5.41) is 3.61. The fraction of sp³-hybridized carbons (Fsp3) is 0.625. The summed E-state index contributed by atoms with van der Waals surface area (Å²) in [5.41, 5.74) is 1.44. The molecule has 2 nitrogen and oxygen atoms in total. The van der Waals surface area contributed by atoms with E-state index in [1.54, 1.807) is 0 Å². The van der Waals surface area contributed by atoms with E-state index >= 15 is 0 Å². The van der Waals surface area contributed by atoms with Crippen LogP contribution in [0.3, 0.4) is 0 Å². The third-order valence-electron chi connectivity index (χ3n) is 3.58. The molecule has 1 aromatic rings. The van der Waals surface area contributed by atoms with Gasteiger partial charge in [-0.25, -0.2) is 0 Å². The van der Waals surface area contributed by atoms with Crippen molar-refractivity contribution in [2.45, 2.75) is 32.2 Å². The molecule has 0 heterocycles. The number of likely N-dealkylation sites (N-methyl/N-ethyl adjacent to an activating group) is 1. The molecule has 0 aromatic heterocycles. The number of rotatable bonds is 8. The van der Waals surface area contributed by atoms with Crippen LogP contribution in [0.25, 0.3) is 0 Å². The van der Waals surface area contributed by atoms with Crippen molar-refractivity contribution in [3.05, 3.63) is 35.9 Å². The average Bonchev–Trinajstić information content (AvgIpc) is 3.19. The minimum atomic E-state index is 0.742. The van der Waals surface area contributed by atoms with Gasteiger partial charge in [-0.1, -0.05) is 37.3 Å². The van der Waals surface area contributed by atoms with Gasteiger partial charge in [-0.3, -0.25) is 0 Å². The fourth-order valence-corrected chi connectivity index (χ4v) is 2.31. The van der Waals surface area contributed by atoms with Crippen LogP contribution in [-0.4, -0.2) is 37.6 Å². The van der Waals surface area contributed by atoms with Gasteiger partial charge in [0.1, 0.15) is 0 Å². The fourth-order valence-electron chi connectivity index (χ4n) is 2.31. The van der Waals surface area contributed by atoms with Crippen LogP contribution in [0.2, 0.25) is 0 Å². The summed E-state index contributed by atoms with van der Waals surface area (Å²) in [4.78, 5) is 2.45. The van der Waals surface area contributed by atoms with Crippen LogP contribution in [0.1, 0.15) is 25.3 Å². The molecule has 0 bridgehead atoms. The molecule has 1 aliphatic rings. The molecule has 1 atom stereocenters. The summed E-state index contributed by atoms with van der Waals surface area (Å²) in [5.74, 6) is 0.742. The Morgan fingerprint density at radius 1 is 1.28 bits per heavy atom. The second-order valence-corrected chi connectivity index (χ2v) is 5.79. The number of hydrogen-bond acceptors (Lipinski definition) is 2. The first-order chi connectivity index (χ1) is 8.74. The van der Waals surface area contributed by atoms with Crippen LogP contribution in [0.15, 0.2) is 30.3 Å². The van der Waals surface area contributed by atoms with Gasteiger partial charge in [-0.05, 0) is 44.3 Å². The Hall–Kier alpha value is -0.860. The van der Waals surface area contributed by atoms with Gasteiger partial charge < -0.3 is 10.2 Å². The lowest BCUT2D eigenvalue weighted by atomic mass is 10.1. The summed E-state index contributed by atoms with van der Waals surface area (Å²) in [7, 11) is 2.23. The second-order valence-electron chi connectivity index (χ2n) is 5.79. The summed E-state index contributed by atoms with van der Waals surface area (Å²) < 4.78 is 0. The SMILES string of the molecule is CC(CNC1CC1)CN(C)CCc1ccccc1. The first-order valence-corrected chi connectivity index (χ1v) is 7.20. The maximum absolute atomic E-state index is 3.61. The third kappa shape index (κ3) is 5.19. The van der Waals surface area contributed by atoms with Crippen molar-refractivity contribution in [2.24, 2.45) is 5.92 Å². The monoisotopic (exact) mass is 246 g/mol. The van der Waals surface area contributed by atoms with E-state index in [2.05, 4.69) is 54.5 Å². The molecule has 1 aliphatic carbocycles. The molecule has 1 N–H and O–H groups in total. The molecule has 0 radical (unpaired) electrons. The van der Waals surface area contributed by atoms with Gasteiger partial charge in [-0.2, -0.15) is 0 Å². The molecule has 1 aromatic carbocycles. The van der Waals surface area contributed by atoms with Crippen LogP contribution in [0.4, 0.5) is 0 Å². The quantitative estimate of drug-likeness (QED) is 0.758. The number of hydrogen-bond donors (Lipinski definition) is 1. The summed E-state index contributed by atoms with van der Waals surface area (Å²) >= 11 is 0. The molecule has 0 spiro atoms. The molecular formula is C16H26N2. The third-order valence-corrected chi connectivity index (χ3v) is 3.58. The standard InChI is InChI=1S/C16H26N2/c1-14(12-17-16-8-9-16)13-18(2)11-10-15-6-4-3-5-7-15/h3-7,14,16-17H,8-13H2,1-2H3. The van der Waals surface area contributed by atoms with Gasteiger partial charge in [-0.15, -0.1) is 0 Å². The predicted molar refractivity (Wildman–Crippen MR) is 77.8 cm³/mol. The highest BCUT2D eigenvalue weighted by molar-refractivity contribution is 5.14. The summed E-state index contributed by atoms with van der Waals surface area (Å²) in [6.07, 6.45) is 3.92. The Balaban J connectivity index is 1.60. The molecule has 0 aliphatic heterocycles. The Bertz CT molecular complexity index is 332. The van der Waals surface area contributed by atoms with Crippen LogP contribution >= 0.6 is 0 Å². The predicted octanol–water partition coefficient (Wildman–Crippen LogP) is 2.55. The smallest absolute Gasteiger partial charge is 0.00683 e. The molecule has 1 unspecified atom stereocenters. The zero-order valence-electron chi connectivity index (χ0n) is 11.7. The van der Waals surface area contributed by atoms with Crippen molar-refractivity contribution >= 4 is 0 Å². The molecule has 1 fully saturated rings. The Morgan fingerprint density at radius 2 is 2.00 bits per heavy atom. The number of nitrogens with one attached hydrogen (secondary N) is 1. The minimum Gasteiger partial charge on any atom is -0.314 e. The number of benzene rings is 1. The highest BCUT2D eigenvalue weighted by Crippen LogP contribution is 2.18. The van der Waals surface area contributed by atoms with Gasteiger partial charge in [0.2, 0.25) is 0 Å². The van der Waals surface area contributed by atoms with E-state index in [-0.39, 0.29) is 0 Å². The van der Waals surface area contributed by atoms with Crippen molar-refractivity contribution < 1.29 is 0 Å². The van der Waals surface area contributed by atoms with Gasteiger partial charge in [0, 0.05) is 19.1 Å². The van der Waals surface area contributed by atoms with E-state index in [4.69, 9.17) is 0 Å². The summed E-state index contributed by atoms with van der Waals surface area (Å²) in [6.45, 7) is 5.85. The highest BCUT2D eigenvalue weighted by atomic mass is 15.1. The normalized spacial score (nSPS) is 17.1. The maximum Gasteiger partial charge on any atom is 0.00683 e. The van der Waals surface area contributed by atoms with Crippen molar-refractivity contribution in [1.82, 2.24) is 10.2 Å². The number of nitrogens with zero attached hydrogens (tertiary/aromatic N) is 1. The van der Waals surface area contributed by atoms with Crippen molar-refractivity contribution in [1.29, 1.82) is 0 Å². The molecule has 100 valence electrons. The maximum atomic E-state index is 3.61. The summed E-state index contributed by atoms with van der Waals surface area (Å²) in [6, 6.07) is 11.6. The molecule has 0 saturated heterocycles. The van der Waals surface area contributed by atoms with Crippen LogP contribution in [0, 0.1) is 5.92 Å². The van der Waals surface area contributed by atoms with Crippen LogP contribution in [-0.2, 0) is 6.42 Å². The molecule has 2 heteroatoms. The van der Waals surface area contributed by atoms with Gasteiger partial charge in [0.15, 0.2) is 0 Å². The van der Waals surface area contributed by atoms with Crippen LogP contribution in [0.5, 0.6) is 0 Å². The Labute approximate surface area is 111 Å². The van der Waals surface area contributed by atoms with Gasteiger partial charge in [0.25, 0.3) is 0 Å². The van der Waals surface area contributed by atoms with Crippen molar-refractivity contribution in [2.75, 3.05) is 26.7 Å². The van der Waals surface area contributed by atoms with E-state index in [9.17, 15) is 0 Å². The van der Waals surface area contributed by atoms with Crippen LogP contribution < -0.4 is 5.32 Å². The lowest BCUT2D eigenvalue weighted by molar-refractivity contribution is 0.283. The zero-order chi connectivity index (χ0) is 12.8. The van der Waals surface area contributed by atoms with Gasteiger partial charge in [0.05, 0.1) is 0 Å². The van der Waals surface area contributed by atoms with Crippen molar-refractivity contribution in [3.63, 3.8) is 0 Å². The van der Waals surface area contributed by atoms with E-state index in [1.807, 2.05) is 0 Å². The first kappa shape index (κ1) is 13.6. The molecular weight excluding hydrogens is 220 g/mol. The van der Waals surface area contributed by atoms with E-state index < -0.39 is 0 Å². The van der Waals surface area contributed by atoms with E-state index in [0.717, 1.165) is 24.9 Å². The second kappa shape index (κ2) is 6.91. The van der Waals surface area contributed by atoms with Gasteiger partial charge >= 0.3 is 0 Å². The molecule has 0 amide bonds. The average molecular weight is 246 g/mol. The highest BCUT2D eigenvalue weighted by Gasteiger charge is 2.20. The van der Waals surface area contributed by atoms with E-state index in [1.165, 1.54) is 31.5 Å². The molecule has 18 heavy (non-hydrogen) atoms. The molecule has 2 rings (SSSR count). The minimum absolute atomic E-state index is 0.742. The zero-order valence-corrected chi connectivity index (χ0v) is 11.7. The lowest BCUT2D eigenvalue weighted by Crippen LogP contribution is -2.32. The molecule has 1 saturated carbocycles. The largest absolute Gasteiger partial charge is 0.314 e. The first-order valence-electron chi connectivity index (χ1n) is 7.20. The lowest BCUT2D eigenvalue weighted by Gasteiger charge is -2.21. The van der Waals surface area contributed by atoms with Crippen molar-refractivity contribution in [3.8, 4) is 0 Å².